The highest BCUT2D eigenvalue weighted by atomic mass is 16.4. The number of aromatic nitrogens is 1. The molecule has 0 saturated carbocycles. The quantitative estimate of drug-likeness (QED) is 0.745. The lowest BCUT2D eigenvalue weighted by molar-refractivity contribution is -0.137. The molecule has 0 fully saturated rings. The Morgan fingerprint density at radius 3 is 3.18 bits per heavy atom. The summed E-state index contributed by atoms with van der Waals surface area (Å²) in [6.07, 6.45) is 2.27. The summed E-state index contributed by atoms with van der Waals surface area (Å²) in [6, 6.07) is 5.83. The fourth-order valence-corrected chi connectivity index (χ4v) is 1.61. The Labute approximate surface area is 98.5 Å². The molecule has 90 valence electrons. The molecule has 0 saturated heterocycles. The Balaban J connectivity index is 1.80. The third kappa shape index (κ3) is 3.29. The summed E-state index contributed by atoms with van der Waals surface area (Å²) in [7, 11) is 0. The van der Waals surface area contributed by atoms with E-state index >= 15 is 0 Å². The number of carboxylic acids is 1. The van der Waals surface area contributed by atoms with Crippen LogP contribution in [0, 0.1) is 0 Å². The third-order valence-corrected chi connectivity index (χ3v) is 2.47. The van der Waals surface area contributed by atoms with Crippen LogP contribution in [0.25, 0.3) is 11.1 Å². The molecule has 2 N–H and O–H groups in total. The average molecular weight is 234 g/mol. The van der Waals surface area contributed by atoms with Crippen LogP contribution in [-0.4, -0.2) is 22.6 Å². The summed E-state index contributed by atoms with van der Waals surface area (Å²) < 4.78 is 5.20. The van der Waals surface area contributed by atoms with Gasteiger partial charge in [0.1, 0.15) is 5.52 Å². The van der Waals surface area contributed by atoms with E-state index in [-0.39, 0.29) is 6.42 Å². The van der Waals surface area contributed by atoms with Crippen molar-refractivity contribution in [3.8, 4) is 0 Å². The first-order chi connectivity index (χ1) is 8.25. The van der Waals surface area contributed by atoms with Crippen molar-refractivity contribution in [2.45, 2.75) is 19.4 Å². The lowest BCUT2D eigenvalue weighted by Crippen LogP contribution is -2.15. The summed E-state index contributed by atoms with van der Waals surface area (Å²) in [5.74, 6) is -0.755. The standard InChI is InChI=1S/C12H14N2O3/c15-12(16)2-1-5-13-7-9-3-4-10-11(6-9)17-8-14-10/h3-4,6,8,13H,1-2,5,7H2,(H,15,16). The van der Waals surface area contributed by atoms with E-state index in [0.717, 1.165) is 16.7 Å². The van der Waals surface area contributed by atoms with E-state index in [1.54, 1.807) is 0 Å². The normalized spacial score (nSPS) is 10.8. The predicted molar refractivity (Wildman–Crippen MR) is 62.6 cm³/mol. The lowest BCUT2D eigenvalue weighted by Gasteiger charge is -2.03. The largest absolute Gasteiger partial charge is 0.481 e. The lowest BCUT2D eigenvalue weighted by atomic mass is 10.2. The van der Waals surface area contributed by atoms with Gasteiger partial charge in [-0.05, 0) is 30.7 Å². The summed E-state index contributed by atoms with van der Waals surface area (Å²) in [6.45, 7) is 1.40. The molecule has 0 unspecified atom stereocenters. The topological polar surface area (TPSA) is 75.4 Å². The smallest absolute Gasteiger partial charge is 0.303 e. The Kier molecular flexibility index (Phi) is 3.72. The number of carbonyl (C=O) groups is 1. The molecule has 0 radical (unpaired) electrons. The Morgan fingerprint density at radius 2 is 2.35 bits per heavy atom. The van der Waals surface area contributed by atoms with Gasteiger partial charge in [-0.15, -0.1) is 0 Å². The Morgan fingerprint density at radius 1 is 1.47 bits per heavy atom. The molecule has 0 aliphatic heterocycles. The van der Waals surface area contributed by atoms with E-state index in [2.05, 4.69) is 10.3 Å². The van der Waals surface area contributed by atoms with Gasteiger partial charge in [-0.25, -0.2) is 4.98 Å². The second-order valence-electron chi connectivity index (χ2n) is 3.83. The minimum Gasteiger partial charge on any atom is -0.481 e. The zero-order chi connectivity index (χ0) is 12.1. The van der Waals surface area contributed by atoms with Gasteiger partial charge in [-0.1, -0.05) is 6.07 Å². The fourth-order valence-electron chi connectivity index (χ4n) is 1.61. The Hall–Kier alpha value is -1.88. The van der Waals surface area contributed by atoms with E-state index in [0.29, 0.717) is 19.5 Å². The van der Waals surface area contributed by atoms with Crippen molar-refractivity contribution in [1.29, 1.82) is 0 Å². The van der Waals surface area contributed by atoms with Crippen molar-refractivity contribution in [3.63, 3.8) is 0 Å². The minimum absolute atomic E-state index is 0.203. The van der Waals surface area contributed by atoms with Gasteiger partial charge in [0.2, 0.25) is 0 Å². The van der Waals surface area contributed by atoms with Crippen LogP contribution in [-0.2, 0) is 11.3 Å². The van der Waals surface area contributed by atoms with Crippen LogP contribution in [0.15, 0.2) is 29.0 Å². The summed E-state index contributed by atoms with van der Waals surface area (Å²) >= 11 is 0. The maximum Gasteiger partial charge on any atom is 0.303 e. The molecular formula is C12H14N2O3. The van der Waals surface area contributed by atoms with Crippen molar-refractivity contribution in [2.24, 2.45) is 0 Å². The number of aliphatic carboxylic acids is 1. The highest BCUT2D eigenvalue weighted by Gasteiger charge is 2.00. The molecule has 2 rings (SSSR count). The monoisotopic (exact) mass is 234 g/mol. The van der Waals surface area contributed by atoms with E-state index in [1.165, 1.54) is 6.39 Å². The molecule has 0 bridgehead atoms. The molecule has 0 amide bonds. The van der Waals surface area contributed by atoms with E-state index in [4.69, 9.17) is 9.52 Å². The van der Waals surface area contributed by atoms with Crippen LogP contribution in [0.1, 0.15) is 18.4 Å². The van der Waals surface area contributed by atoms with Gasteiger partial charge in [-0.2, -0.15) is 0 Å². The van der Waals surface area contributed by atoms with Crippen LogP contribution in [0.4, 0.5) is 0 Å². The summed E-state index contributed by atoms with van der Waals surface area (Å²) in [5, 5.41) is 11.7. The molecular weight excluding hydrogens is 220 g/mol. The number of rotatable bonds is 6. The minimum atomic E-state index is -0.755. The number of fused-ring (bicyclic) bond motifs is 1. The van der Waals surface area contributed by atoms with Crippen molar-refractivity contribution < 1.29 is 14.3 Å². The van der Waals surface area contributed by atoms with Gasteiger partial charge < -0.3 is 14.8 Å². The van der Waals surface area contributed by atoms with E-state index in [9.17, 15) is 4.79 Å². The van der Waals surface area contributed by atoms with Crippen molar-refractivity contribution >= 4 is 17.1 Å². The predicted octanol–water partition coefficient (Wildman–Crippen LogP) is 1.78. The van der Waals surface area contributed by atoms with Gasteiger partial charge >= 0.3 is 5.97 Å². The van der Waals surface area contributed by atoms with Crippen LogP contribution in [0.2, 0.25) is 0 Å². The number of nitrogens with one attached hydrogen (secondary N) is 1. The highest BCUT2D eigenvalue weighted by molar-refractivity contribution is 5.72. The highest BCUT2D eigenvalue weighted by Crippen LogP contribution is 2.13. The first kappa shape index (κ1) is 11.6. The maximum atomic E-state index is 10.3. The molecule has 2 aromatic rings. The molecule has 0 spiro atoms. The van der Waals surface area contributed by atoms with Gasteiger partial charge in [0.15, 0.2) is 12.0 Å². The SMILES string of the molecule is O=C(O)CCCNCc1ccc2ncoc2c1. The first-order valence-corrected chi connectivity index (χ1v) is 5.50. The number of hydrogen-bond donors (Lipinski definition) is 2. The summed E-state index contributed by atoms with van der Waals surface area (Å²) in [5.41, 5.74) is 2.72. The van der Waals surface area contributed by atoms with E-state index < -0.39 is 5.97 Å². The van der Waals surface area contributed by atoms with Crippen LogP contribution < -0.4 is 5.32 Å². The molecule has 17 heavy (non-hydrogen) atoms. The van der Waals surface area contributed by atoms with Gasteiger partial charge in [-0.3, -0.25) is 4.79 Å². The van der Waals surface area contributed by atoms with Crippen molar-refractivity contribution in [2.75, 3.05) is 6.54 Å². The van der Waals surface area contributed by atoms with Gasteiger partial charge in [0.25, 0.3) is 0 Å². The molecule has 1 aromatic heterocycles. The molecule has 0 atom stereocenters. The first-order valence-electron chi connectivity index (χ1n) is 5.50. The summed E-state index contributed by atoms with van der Waals surface area (Å²) in [4.78, 5) is 14.3. The molecule has 5 heteroatoms. The third-order valence-electron chi connectivity index (χ3n) is 2.47. The van der Waals surface area contributed by atoms with Gasteiger partial charge in [0, 0.05) is 13.0 Å². The van der Waals surface area contributed by atoms with Crippen molar-refractivity contribution in [3.05, 3.63) is 30.2 Å². The van der Waals surface area contributed by atoms with Gasteiger partial charge in [0.05, 0.1) is 0 Å². The van der Waals surface area contributed by atoms with E-state index in [1.807, 2.05) is 18.2 Å². The average Bonchev–Trinajstić information content (AvgIpc) is 2.75. The second-order valence-corrected chi connectivity index (χ2v) is 3.83. The number of benzene rings is 1. The second kappa shape index (κ2) is 5.45. The Bertz CT molecular complexity index is 507. The molecule has 0 aliphatic rings. The number of nitrogens with zero attached hydrogens (tertiary/aromatic N) is 1. The van der Waals surface area contributed by atoms with Crippen LogP contribution in [0.5, 0.6) is 0 Å². The van der Waals surface area contributed by atoms with Crippen LogP contribution in [0.3, 0.4) is 0 Å². The number of oxazole rings is 1. The molecule has 1 aromatic carbocycles. The molecule has 1 heterocycles. The number of hydrogen-bond acceptors (Lipinski definition) is 4. The van der Waals surface area contributed by atoms with Crippen molar-refractivity contribution in [1.82, 2.24) is 10.3 Å². The molecule has 0 aliphatic carbocycles. The maximum absolute atomic E-state index is 10.3. The fraction of sp³-hybridized carbons (Fsp3) is 0.333. The molecule has 5 nitrogen and oxygen atoms in total. The zero-order valence-corrected chi connectivity index (χ0v) is 9.35. The zero-order valence-electron chi connectivity index (χ0n) is 9.35. The number of carboxylic acid groups (broad SMARTS) is 1. The van der Waals surface area contributed by atoms with Crippen LogP contribution >= 0.6 is 0 Å².